The number of rotatable bonds is 2. The molecular weight excluding hydrogens is 692 g/mol. The second-order valence-electron chi connectivity index (χ2n) is 15.1. The van der Waals surface area contributed by atoms with Crippen molar-refractivity contribution in [2.45, 2.75) is 65.2 Å². The molecule has 0 amide bonds. The molecule has 0 aliphatic heterocycles. The van der Waals surface area contributed by atoms with E-state index < -0.39 is 0 Å². The molecule has 6 aromatic carbocycles. The summed E-state index contributed by atoms with van der Waals surface area (Å²) in [4.78, 5) is 0. The van der Waals surface area contributed by atoms with Gasteiger partial charge in [0.1, 0.15) is 0 Å². The van der Waals surface area contributed by atoms with Gasteiger partial charge in [0.25, 0.3) is 0 Å². The van der Waals surface area contributed by atoms with Gasteiger partial charge in [-0.2, -0.15) is 24.6 Å². The summed E-state index contributed by atoms with van der Waals surface area (Å²) in [5, 5.41) is 2.51. The minimum absolute atomic E-state index is 0.0380. The zero-order valence-corrected chi connectivity index (χ0v) is 33.6. The van der Waals surface area contributed by atoms with E-state index in [1.54, 1.807) is 0 Å². The van der Waals surface area contributed by atoms with Crippen molar-refractivity contribution in [1.29, 1.82) is 0 Å². The van der Waals surface area contributed by atoms with Crippen molar-refractivity contribution in [1.82, 2.24) is 0 Å². The molecule has 0 saturated heterocycles. The molecule has 0 aromatic heterocycles. The Hall–Kier alpha value is -4.32. The molecular formula is C50H49Zr-3. The molecule has 0 spiro atoms. The molecule has 2 aliphatic rings. The third-order valence-corrected chi connectivity index (χ3v) is 9.29. The Balaban J connectivity index is 0.000000228. The summed E-state index contributed by atoms with van der Waals surface area (Å²) in [7, 11) is 0. The van der Waals surface area contributed by atoms with Crippen molar-refractivity contribution in [3.05, 3.63) is 186 Å². The normalized spacial score (nSPS) is 12.4. The van der Waals surface area contributed by atoms with Gasteiger partial charge >= 0.3 is 28.4 Å². The Morgan fingerprint density at radius 2 is 1.22 bits per heavy atom. The number of fused-ring (bicyclic) bond motifs is 4. The quantitative estimate of drug-likeness (QED) is 0.155. The summed E-state index contributed by atoms with van der Waals surface area (Å²) >= 11 is 1.30. The summed E-state index contributed by atoms with van der Waals surface area (Å²) < 4.78 is 3.34. The first kappa shape index (κ1) is 37.9. The summed E-state index contributed by atoms with van der Waals surface area (Å²) in [5.41, 5.74) is 14.6. The van der Waals surface area contributed by atoms with Gasteiger partial charge in [0, 0.05) is 0 Å². The predicted molar refractivity (Wildman–Crippen MR) is 219 cm³/mol. The van der Waals surface area contributed by atoms with E-state index in [4.69, 9.17) is 0 Å². The Labute approximate surface area is 322 Å². The summed E-state index contributed by atoms with van der Waals surface area (Å²) in [6.45, 7) is 17.8. The molecule has 0 atom stereocenters. The van der Waals surface area contributed by atoms with Crippen LogP contribution in [0.3, 0.4) is 0 Å². The number of allylic oxidation sites excluding steroid dienone is 4. The number of benzene rings is 6. The second kappa shape index (κ2) is 16.8. The van der Waals surface area contributed by atoms with Gasteiger partial charge in [0.2, 0.25) is 0 Å². The van der Waals surface area contributed by atoms with Gasteiger partial charge < -0.3 is 0 Å². The first-order chi connectivity index (χ1) is 24.5. The van der Waals surface area contributed by atoms with Crippen LogP contribution in [0.2, 0.25) is 0 Å². The third kappa shape index (κ3) is 9.14. The minimum atomic E-state index is 0.0380. The van der Waals surface area contributed by atoms with Crippen molar-refractivity contribution in [3.63, 3.8) is 0 Å². The molecule has 0 heterocycles. The standard InChI is InChI=1S/C33H33.C11H9.C5H5.CH2.Zr/c1-32(2,3)30-20-26-24(18-28(30)22-13-9-7-10-14-22)17-25-19-29(23-15-11-8-12-16-23)31(21-27(25)26)33(4,5)6;1-9-5-4-7-10-6-2-3-8-11(9)10;1-2-4-5-3-1;;/h7-16,18,20-21H,17H2,1-6H3;2-8H,1H2;1-3H,4H2;1H2;/q3*-1;;. The average molecular weight is 741 g/mol. The van der Waals surface area contributed by atoms with Crippen molar-refractivity contribution in [2.75, 3.05) is 0 Å². The van der Waals surface area contributed by atoms with E-state index in [9.17, 15) is 0 Å². The van der Waals surface area contributed by atoms with Crippen LogP contribution in [0.1, 0.15) is 75.8 Å². The van der Waals surface area contributed by atoms with Gasteiger partial charge in [-0.25, -0.2) is 12.2 Å². The van der Waals surface area contributed by atoms with Crippen LogP contribution in [0.4, 0.5) is 0 Å². The van der Waals surface area contributed by atoms with Gasteiger partial charge in [-0.1, -0.05) is 161 Å². The van der Waals surface area contributed by atoms with Crippen molar-refractivity contribution >= 4 is 15.0 Å². The van der Waals surface area contributed by atoms with E-state index in [-0.39, 0.29) is 10.8 Å². The molecule has 6 aromatic rings. The molecule has 2 aliphatic carbocycles. The van der Waals surface area contributed by atoms with E-state index >= 15 is 0 Å². The monoisotopic (exact) mass is 739 g/mol. The Kier molecular flexibility index (Phi) is 12.5. The van der Waals surface area contributed by atoms with Gasteiger partial charge in [-0.3, -0.25) is 6.08 Å². The van der Waals surface area contributed by atoms with Crippen molar-refractivity contribution < 1.29 is 24.2 Å². The fraction of sp³-hybridized carbons (Fsp3) is 0.200. The zero-order chi connectivity index (χ0) is 36.6. The zero-order valence-electron chi connectivity index (χ0n) is 31.1. The van der Waals surface area contributed by atoms with Gasteiger partial charge in [-0.05, 0) is 39.5 Å². The van der Waals surface area contributed by atoms with Crippen LogP contribution in [0.25, 0.3) is 44.2 Å². The van der Waals surface area contributed by atoms with Crippen LogP contribution in [-0.4, -0.2) is 4.21 Å². The molecule has 0 nitrogen and oxygen atoms in total. The fourth-order valence-corrected chi connectivity index (χ4v) is 6.73. The summed E-state index contributed by atoms with van der Waals surface area (Å²) in [6, 6.07) is 47.3. The molecule has 0 saturated carbocycles. The molecule has 0 bridgehead atoms. The van der Waals surface area contributed by atoms with Crippen LogP contribution >= 0.6 is 0 Å². The van der Waals surface area contributed by atoms with Crippen LogP contribution in [0, 0.1) is 19.1 Å². The predicted octanol–water partition coefficient (Wildman–Crippen LogP) is 13.3. The second-order valence-corrected chi connectivity index (χ2v) is 15.1. The van der Waals surface area contributed by atoms with Crippen molar-refractivity contribution in [2.24, 2.45) is 0 Å². The molecule has 51 heavy (non-hydrogen) atoms. The Morgan fingerprint density at radius 1 is 0.627 bits per heavy atom. The summed E-state index contributed by atoms with van der Waals surface area (Å²) in [5.74, 6) is 0. The average Bonchev–Trinajstić information content (AvgIpc) is 3.84. The molecule has 8 rings (SSSR count). The first-order valence-electron chi connectivity index (χ1n) is 17.8. The molecule has 0 N–H and O–H groups in total. The van der Waals surface area contributed by atoms with Crippen LogP contribution in [-0.2, 0) is 41.5 Å². The van der Waals surface area contributed by atoms with E-state index in [2.05, 4.69) is 168 Å². The topological polar surface area (TPSA) is 0 Å². The van der Waals surface area contributed by atoms with Gasteiger partial charge in [-0.15, -0.1) is 52.8 Å². The van der Waals surface area contributed by atoms with Crippen LogP contribution < -0.4 is 0 Å². The molecule has 0 fully saturated rings. The van der Waals surface area contributed by atoms with E-state index in [0.29, 0.717) is 0 Å². The molecule has 1 heteroatoms. The fourth-order valence-electron chi connectivity index (χ4n) is 6.73. The molecule has 0 unspecified atom stereocenters. The number of hydrogen-bond acceptors (Lipinski definition) is 0. The Morgan fingerprint density at radius 3 is 1.78 bits per heavy atom. The summed E-state index contributed by atoms with van der Waals surface area (Å²) in [6.07, 6.45) is 10.9. The Bertz CT molecular complexity index is 2010. The van der Waals surface area contributed by atoms with Gasteiger partial charge in [0.05, 0.1) is 0 Å². The van der Waals surface area contributed by atoms with E-state index in [0.717, 1.165) is 18.4 Å². The molecule has 0 radical (unpaired) electrons. The van der Waals surface area contributed by atoms with E-state index in [1.807, 2.05) is 36.4 Å². The third-order valence-electron chi connectivity index (χ3n) is 9.29. The van der Waals surface area contributed by atoms with Crippen LogP contribution in [0.15, 0.2) is 140 Å². The van der Waals surface area contributed by atoms with E-state index in [1.165, 1.54) is 90.6 Å². The van der Waals surface area contributed by atoms with Crippen LogP contribution in [0.5, 0.6) is 0 Å². The molecule has 256 valence electrons. The maximum atomic E-state index is 3.95. The number of hydrogen-bond donors (Lipinski definition) is 0. The van der Waals surface area contributed by atoms with Gasteiger partial charge in [0.15, 0.2) is 0 Å². The van der Waals surface area contributed by atoms with Crippen molar-refractivity contribution in [3.8, 4) is 33.4 Å². The SMILES string of the molecule is CC(C)(C)c1cc2c([c-]c1-c1ccccc1)Cc1cc(-c3ccccc3)c(C(C)(C)C)cc1-2.[C-]1=CC=CC1.[CH2-]c1cccc2ccccc12.[CH2]=[Zr]. The first-order valence-corrected chi connectivity index (χ1v) is 19.5. The maximum absolute atomic E-state index is 3.95.